The van der Waals surface area contributed by atoms with E-state index in [0.29, 0.717) is 21.7 Å². The average molecular weight is 309 g/mol. The van der Waals surface area contributed by atoms with Crippen LogP contribution in [-0.4, -0.2) is 19.6 Å². The first-order valence-electron chi connectivity index (χ1n) is 5.49. The Kier molecular flexibility index (Phi) is 3.29. The maximum Gasteiger partial charge on any atom is 0.255 e. The van der Waals surface area contributed by atoms with Gasteiger partial charge in [-0.2, -0.15) is 13.1 Å². The number of halogens is 2. The summed E-state index contributed by atoms with van der Waals surface area (Å²) in [4.78, 5) is 15.5. The van der Waals surface area contributed by atoms with Gasteiger partial charge in [-0.05, 0) is 18.2 Å². The van der Waals surface area contributed by atoms with Crippen LogP contribution in [-0.2, 0) is 0 Å². The zero-order chi connectivity index (χ0) is 14.1. The summed E-state index contributed by atoms with van der Waals surface area (Å²) in [5.41, 5.74) is 1.65. The number of rotatable bonds is 2. The number of nitrogens with zero attached hydrogens (tertiary/aromatic N) is 3. The van der Waals surface area contributed by atoms with Crippen LogP contribution < -0.4 is 5.32 Å². The quantitative estimate of drug-likeness (QED) is 0.739. The molecule has 0 aliphatic carbocycles. The predicted molar refractivity (Wildman–Crippen MR) is 74.6 cm³/mol. The molecule has 0 unspecified atom stereocenters. The number of aromatic nitrogens is 3. The molecule has 0 fully saturated rings. The van der Waals surface area contributed by atoms with Crippen molar-refractivity contribution < 1.29 is 9.18 Å². The smallest absolute Gasteiger partial charge is 0.255 e. The van der Waals surface area contributed by atoms with Crippen molar-refractivity contribution in [2.24, 2.45) is 0 Å². The van der Waals surface area contributed by atoms with Crippen molar-refractivity contribution in [3.05, 3.63) is 47.0 Å². The van der Waals surface area contributed by atoms with Gasteiger partial charge in [0.25, 0.3) is 5.91 Å². The van der Waals surface area contributed by atoms with E-state index in [1.54, 1.807) is 12.1 Å². The summed E-state index contributed by atoms with van der Waals surface area (Å²) in [5.74, 6) is -1.22. The van der Waals surface area contributed by atoms with Crippen molar-refractivity contribution >= 4 is 46.0 Å². The molecule has 20 heavy (non-hydrogen) atoms. The van der Waals surface area contributed by atoms with Crippen LogP contribution in [0.4, 0.5) is 10.1 Å². The summed E-state index contributed by atoms with van der Waals surface area (Å²) in [6, 6.07) is 5.78. The number of nitrogens with one attached hydrogen (secondary N) is 1. The highest BCUT2D eigenvalue weighted by Crippen LogP contribution is 2.30. The van der Waals surface area contributed by atoms with Gasteiger partial charge in [0.05, 0.1) is 22.4 Å². The van der Waals surface area contributed by atoms with Crippen LogP contribution >= 0.6 is 23.3 Å². The second-order valence-corrected chi connectivity index (χ2v) is 4.81. The van der Waals surface area contributed by atoms with Crippen LogP contribution in [0.3, 0.4) is 0 Å². The minimum Gasteiger partial charge on any atom is -0.319 e. The Morgan fingerprint density at radius 3 is 2.95 bits per heavy atom. The van der Waals surface area contributed by atoms with Gasteiger partial charge in [0.15, 0.2) is 0 Å². The molecule has 0 bridgehead atoms. The molecule has 3 rings (SSSR count). The summed E-state index contributed by atoms with van der Waals surface area (Å²) in [6.07, 6.45) is 1.22. The lowest BCUT2D eigenvalue weighted by molar-refractivity contribution is 0.102. The lowest BCUT2D eigenvalue weighted by Gasteiger charge is -2.07. The molecule has 1 amide bonds. The topological polar surface area (TPSA) is 67.8 Å². The van der Waals surface area contributed by atoms with E-state index in [4.69, 9.17) is 11.6 Å². The number of anilines is 1. The van der Waals surface area contributed by atoms with Crippen LogP contribution in [0.2, 0.25) is 5.02 Å². The number of hydrogen-bond acceptors (Lipinski definition) is 5. The van der Waals surface area contributed by atoms with Gasteiger partial charge < -0.3 is 5.32 Å². The van der Waals surface area contributed by atoms with Gasteiger partial charge in [-0.3, -0.25) is 4.79 Å². The van der Waals surface area contributed by atoms with E-state index in [0.717, 1.165) is 17.8 Å². The van der Waals surface area contributed by atoms with E-state index < -0.39 is 11.9 Å². The molecule has 3 aromatic rings. The van der Waals surface area contributed by atoms with E-state index in [2.05, 4.69) is 19.0 Å². The van der Waals surface area contributed by atoms with Gasteiger partial charge >= 0.3 is 0 Å². The lowest BCUT2D eigenvalue weighted by atomic mass is 10.2. The molecule has 0 saturated heterocycles. The molecule has 2 aromatic heterocycles. The highest BCUT2D eigenvalue weighted by molar-refractivity contribution is 7.00. The number of carbonyl (C=O) groups is 1. The molecule has 0 spiro atoms. The Balaban J connectivity index is 1.99. The van der Waals surface area contributed by atoms with Crippen LogP contribution in [0.15, 0.2) is 30.5 Å². The third kappa shape index (κ3) is 2.33. The second-order valence-electron chi connectivity index (χ2n) is 3.88. The Morgan fingerprint density at radius 1 is 1.30 bits per heavy atom. The summed E-state index contributed by atoms with van der Waals surface area (Å²) < 4.78 is 21.2. The summed E-state index contributed by atoms with van der Waals surface area (Å²) >= 11 is 7.08. The highest BCUT2D eigenvalue weighted by atomic mass is 35.5. The van der Waals surface area contributed by atoms with Gasteiger partial charge in [-0.1, -0.05) is 11.6 Å². The number of amides is 1. The standard InChI is InChI=1S/C12H6ClFN4OS/c13-7-1-2-8-11(18-20-17-8)10(7)16-12(19)6-3-4-15-9(14)5-6/h1-5H,(H,16,19). The number of pyridine rings is 1. The number of hydrogen-bond donors (Lipinski definition) is 1. The van der Waals surface area contributed by atoms with Gasteiger partial charge in [-0.25, -0.2) is 4.98 Å². The van der Waals surface area contributed by atoms with Crippen molar-refractivity contribution in [2.75, 3.05) is 5.32 Å². The molecule has 0 saturated carbocycles. The molecule has 0 atom stereocenters. The van der Waals surface area contributed by atoms with Crippen molar-refractivity contribution in [2.45, 2.75) is 0 Å². The van der Waals surface area contributed by atoms with E-state index in [-0.39, 0.29) is 5.56 Å². The molecular formula is C12H6ClFN4OS. The van der Waals surface area contributed by atoms with Crippen LogP contribution in [0.1, 0.15) is 10.4 Å². The molecule has 1 N–H and O–H groups in total. The first-order valence-corrected chi connectivity index (χ1v) is 6.59. The fraction of sp³-hybridized carbons (Fsp3) is 0. The van der Waals surface area contributed by atoms with Crippen molar-refractivity contribution in [1.29, 1.82) is 0 Å². The molecule has 8 heteroatoms. The van der Waals surface area contributed by atoms with E-state index in [9.17, 15) is 9.18 Å². The van der Waals surface area contributed by atoms with Gasteiger partial charge in [0.1, 0.15) is 11.0 Å². The highest BCUT2D eigenvalue weighted by Gasteiger charge is 2.14. The summed E-state index contributed by atoms with van der Waals surface area (Å²) in [5, 5.41) is 2.96. The lowest BCUT2D eigenvalue weighted by Crippen LogP contribution is -2.13. The zero-order valence-corrected chi connectivity index (χ0v) is 11.4. The zero-order valence-electron chi connectivity index (χ0n) is 9.80. The maximum absolute atomic E-state index is 13.0. The summed E-state index contributed by atoms with van der Waals surface area (Å²) in [6.45, 7) is 0. The van der Waals surface area contributed by atoms with Crippen molar-refractivity contribution in [3.8, 4) is 0 Å². The third-order valence-electron chi connectivity index (χ3n) is 2.60. The SMILES string of the molecule is O=C(Nc1c(Cl)ccc2nsnc12)c1ccnc(F)c1. The van der Waals surface area contributed by atoms with Crippen LogP contribution in [0.5, 0.6) is 0 Å². The molecule has 100 valence electrons. The average Bonchev–Trinajstić information content (AvgIpc) is 2.90. The van der Waals surface area contributed by atoms with E-state index in [1.807, 2.05) is 0 Å². The Labute approximate surface area is 121 Å². The van der Waals surface area contributed by atoms with E-state index >= 15 is 0 Å². The first-order chi connectivity index (χ1) is 9.65. The predicted octanol–water partition coefficient (Wildman–Crippen LogP) is 3.13. The van der Waals surface area contributed by atoms with Gasteiger partial charge in [0.2, 0.25) is 5.95 Å². The largest absolute Gasteiger partial charge is 0.319 e. The molecule has 2 heterocycles. The van der Waals surface area contributed by atoms with Crippen LogP contribution in [0.25, 0.3) is 11.0 Å². The fourth-order valence-electron chi connectivity index (χ4n) is 1.68. The Bertz CT molecular complexity index is 807. The number of fused-ring (bicyclic) bond motifs is 1. The second kappa shape index (κ2) is 5.10. The van der Waals surface area contributed by atoms with Gasteiger partial charge in [0, 0.05) is 17.8 Å². The molecule has 0 radical (unpaired) electrons. The van der Waals surface area contributed by atoms with Crippen molar-refractivity contribution in [3.63, 3.8) is 0 Å². The third-order valence-corrected chi connectivity index (χ3v) is 3.46. The molecule has 1 aromatic carbocycles. The van der Waals surface area contributed by atoms with Crippen LogP contribution in [0, 0.1) is 5.95 Å². The first kappa shape index (κ1) is 12.9. The number of carbonyl (C=O) groups excluding carboxylic acids is 1. The van der Waals surface area contributed by atoms with E-state index in [1.165, 1.54) is 12.3 Å². The number of benzene rings is 1. The maximum atomic E-state index is 13.0. The molecular weight excluding hydrogens is 303 g/mol. The molecule has 5 nitrogen and oxygen atoms in total. The minimum atomic E-state index is -0.725. The summed E-state index contributed by atoms with van der Waals surface area (Å²) in [7, 11) is 0. The molecule has 0 aliphatic heterocycles. The van der Waals surface area contributed by atoms with Crippen molar-refractivity contribution in [1.82, 2.24) is 13.7 Å². The molecule has 0 aliphatic rings. The fourth-order valence-corrected chi connectivity index (χ4v) is 2.42. The van der Waals surface area contributed by atoms with Gasteiger partial charge in [-0.15, -0.1) is 0 Å². The minimum absolute atomic E-state index is 0.147. The Hall–Kier alpha value is -2.12. The monoisotopic (exact) mass is 308 g/mol. The normalized spacial score (nSPS) is 10.7. The Morgan fingerprint density at radius 2 is 2.15 bits per heavy atom.